The van der Waals surface area contributed by atoms with E-state index in [0.29, 0.717) is 27.6 Å². The van der Waals surface area contributed by atoms with Crippen molar-refractivity contribution in [3.05, 3.63) is 93.5 Å². The molecule has 0 aliphatic rings. The minimum absolute atomic E-state index is 0.0371. The highest BCUT2D eigenvalue weighted by Crippen LogP contribution is 2.27. The van der Waals surface area contributed by atoms with Crippen molar-refractivity contribution in [1.29, 1.82) is 0 Å². The number of anilines is 3. The molecule has 0 aliphatic heterocycles. The summed E-state index contributed by atoms with van der Waals surface area (Å²) < 4.78 is 27.8. The van der Waals surface area contributed by atoms with E-state index in [-0.39, 0.29) is 37.1 Å². The first-order valence-electron chi connectivity index (χ1n) is 11.5. The van der Waals surface area contributed by atoms with Gasteiger partial charge in [0.2, 0.25) is 5.13 Å². The lowest BCUT2D eigenvalue weighted by Crippen LogP contribution is -2.15. The number of aromatic nitrogens is 2. The van der Waals surface area contributed by atoms with Crippen molar-refractivity contribution in [2.24, 2.45) is 0 Å². The summed E-state index contributed by atoms with van der Waals surface area (Å²) >= 11 is 12.6. The van der Waals surface area contributed by atoms with Gasteiger partial charge in [0.05, 0.1) is 16.3 Å². The van der Waals surface area contributed by atoms with Crippen LogP contribution < -0.4 is 15.4 Å². The third-order valence-electron chi connectivity index (χ3n) is 5.42. The van der Waals surface area contributed by atoms with E-state index in [1.807, 2.05) is 12.1 Å². The van der Waals surface area contributed by atoms with E-state index >= 15 is 0 Å². The number of nitrogens with zero attached hydrogens (tertiary/aromatic N) is 2. The predicted molar refractivity (Wildman–Crippen MR) is 155 cm³/mol. The van der Waals surface area contributed by atoms with E-state index in [1.165, 1.54) is 30.3 Å². The number of carbonyl (C=O) groups excluding carboxylic acids is 2. The second kappa shape index (κ2) is 11.3. The zero-order valence-corrected chi connectivity index (χ0v) is 24.1. The quantitative estimate of drug-likeness (QED) is 0.208. The molecule has 3 N–H and O–H groups in total. The fourth-order valence-corrected chi connectivity index (χ4v) is 5.83. The molecule has 0 spiro atoms. The van der Waals surface area contributed by atoms with Crippen molar-refractivity contribution in [2.45, 2.75) is 30.5 Å². The minimum Gasteiger partial charge on any atom is -0.322 e. The van der Waals surface area contributed by atoms with Gasteiger partial charge in [0, 0.05) is 16.3 Å². The van der Waals surface area contributed by atoms with Crippen molar-refractivity contribution < 1.29 is 18.0 Å². The number of nitrogens with one attached hydrogen (secondary N) is 3. The summed E-state index contributed by atoms with van der Waals surface area (Å²) in [5.74, 6) is -0.929. The second-order valence-electron chi connectivity index (χ2n) is 9.42. The molecule has 0 radical (unpaired) electrons. The number of rotatable bonds is 7. The molecule has 39 heavy (non-hydrogen) atoms. The van der Waals surface area contributed by atoms with Crippen LogP contribution in [0.2, 0.25) is 10.0 Å². The predicted octanol–water partition coefficient (Wildman–Crippen LogP) is 6.45. The third kappa shape index (κ3) is 7.12. The third-order valence-corrected chi connectivity index (χ3v) is 8.55. The van der Waals surface area contributed by atoms with Crippen LogP contribution in [0.3, 0.4) is 0 Å². The van der Waals surface area contributed by atoms with Crippen LogP contribution in [-0.2, 0) is 15.4 Å². The van der Waals surface area contributed by atoms with Gasteiger partial charge < -0.3 is 5.32 Å². The summed E-state index contributed by atoms with van der Waals surface area (Å²) in [6.45, 7) is 6.26. The van der Waals surface area contributed by atoms with Gasteiger partial charge in [-0.2, -0.15) is 8.42 Å². The van der Waals surface area contributed by atoms with Crippen LogP contribution in [0.4, 0.5) is 16.5 Å². The molecule has 4 aromatic rings. The maximum Gasteiger partial charge on any atom is 0.291 e. The second-order valence-corrected chi connectivity index (χ2v) is 13.1. The van der Waals surface area contributed by atoms with E-state index in [2.05, 4.69) is 46.3 Å². The van der Waals surface area contributed by atoms with Gasteiger partial charge in [-0.3, -0.25) is 19.6 Å². The Bertz CT molecular complexity index is 1650. The summed E-state index contributed by atoms with van der Waals surface area (Å²) in [5, 5.41) is 13.1. The smallest absolute Gasteiger partial charge is 0.291 e. The lowest BCUT2D eigenvalue weighted by Gasteiger charge is -2.19. The molecule has 2 amide bonds. The van der Waals surface area contributed by atoms with Crippen molar-refractivity contribution >= 4 is 72.9 Å². The Morgan fingerprint density at radius 1 is 0.846 bits per heavy atom. The average Bonchev–Trinajstić information content (AvgIpc) is 3.33. The lowest BCUT2D eigenvalue weighted by atomic mass is 9.87. The van der Waals surface area contributed by atoms with Gasteiger partial charge in [-0.05, 0) is 59.5 Å². The molecule has 0 fully saturated rings. The van der Waals surface area contributed by atoms with E-state index in [0.717, 1.165) is 5.56 Å². The first-order chi connectivity index (χ1) is 18.3. The summed E-state index contributed by atoms with van der Waals surface area (Å²) in [5.41, 5.74) is 2.27. The normalized spacial score (nSPS) is 11.6. The van der Waals surface area contributed by atoms with E-state index < -0.39 is 15.9 Å². The van der Waals surface area contributed by atoms with Gasteiger partial charge >= 0.3 is 0 Å². The molecule has 9 nitrogen and oxygen atoms in total. The highest BCUT2D eigenvalue weighted by Gasteiger charge is 2.22. The Hall–Kier alpha value is -3.51. The molecule has 0 aliphatic carbocycles. The average molecular weight is 605 g/mol. The first kappa shape index (κ1) is 28.5. The Morgan fingerprint density at radius 3 is 2.21 bits per heavy atom. The highest BCUT2D eigenvalue weighted by molar-refractivity contribution is 7.94. The van der Waals surface area contributed by atoms with E-state index in [4.69, 9.17) is 23.2 Å². The maximum atomic E-state index is 12.9. The number of amides is 2. The Morgan fingerprint density at radius 2 is 1.54 bits per heavy atom. The van der Waals surface area contributed by atoms with E-state index in [1.54, 1.807) is 24.3 Å². The van der Waals surface area contributed by atoms with Gasteiger partial charge in [0.1, 0.15) is 0 Å². The van der Waals surface area contributed by atoms with Crippen LogP contribution in [0.15, 0.2) is 71.1 Å². The largest absolute Gasteiger partial charge is 0.322 e. The summed E-state index contributed by atoms with van der Waals surface area (Å²) in [4.78, 5) is 25.2. The van der Waals surface area contributed by atoms with Gasteiger partial charge in [-0.1, -0.05) is 73.5 Å². The molecule has 0 unspecified atom stereocenters. The van der Waals surface area contributed by atoms with Crippen LogP contribution in [0, 0.1) is 0 Å². The van der Waals surface area contributed by atoms with Crippen LogP contribution in [-0.4, -0.2) is 30.4 Å². The van der Waals surface area contributed by atoms with Gasteiger partial charge in [-0.25, -0.2) is 0 Å². The van der Waals surface area contributed by atoms with Crippen molar-refractivity contribution in [3.8, 4) is 0 Å². The lowest BCUT2D eigenvalue weighted by molar-refractivity contribution is 0.101. The molecule has 0 atom stereocenters. The summed E-state index contributed by atoms with van der Waals surface area (Å²) in [7, 11) is -4.14. The molecule has 13 heteroatoms. The monoisotopic (exact) mass is 603 g/mol. The molecular weight excluding hydrogens is 581 g/mol. The molecule has 1 aromatic heterocycles. The molecule has 0 saturated heterocycles. The molecule has 0 saturated carbocycles. The van der Waals surface area contributed by atoms with Gasteiger partial charge in [0.25, 0.3) is 26.2 Å². The topological polar surface area (TPSA) is 130 Å². The van der Waals surface area contributed by atoms with Crippen molar-refractivity contribution in [3.63, 3.8) is 0 Å². The zero-order valence-electron chi connectivity index (χ0n) is 21.0. The molecule has 0 bridgehead atoms. The number of hydrogen-bond acceptors (Lipinski definition) is 7. The number of carbonyl (C=O) groups is 2. The maximum absolute atomic E-state index is 12.9. The zero-order chi connectivity index (χ0) is 28.4. The Labute approximate surface area is 239 Å². The van der Waals surface area contributed by atoms with Crippen LogP contribution >= 0.6 is 34.5 Å². The standard InChI is InChI=1S/C26H23Cl2N5O4S2/c1-26(2,3)16-9-7-15(8-10-16)22(34)29-18-5-4-6-19(14-18)33-39(36,37)25-32-31-24(38-25)30-23(35)20-12-11-17(27)13-21(20)28/h4-14,33H,1-3H3,(H,29,34)(H,30,31,35). The molecule has 202 valence electrons. The van der Waals surface area contributed by atoms with Crippen molar-refractivity contribution in [1.82, 2.24) is 10.2 Å². The number of hydrogen-bond donors (Lipinski definition) is 3. The van der Waals surface area contributed by atoms with Crippen LogP contribution in [0.25, 0.3) is 0 Å². The number of benzene rings is 3. The van der Waals surface area contributed by atoms with E-state index in [9.17, 15) is 18.0 Å². The van der Waals surface area contributed by atoms with Gasteiger partial charge in [-0.15, -0.1) is 10.2 Å². The first-order valence-corrected chi connectivity index (χ1v) is 14.5. The van der Waals surface area contributed by atoms with Crippen LogP contribution in [0.1, 0.15) is 47.1 Å². The summed E-state index contributed by atoms with van der Waals surface area (Å²) in [6.07, 6.45) is 0. The molecule has 1 heterocycles. The van der Waals surface area contributed by atoms with Crippen molar-refractivity contribution in [2.75, 3.05) is 15.4 Å². The SMILES string of the molecule is CC(C)(C)c1ccc(C(=O)Nc2cccc(NS(=O)(=O)c3nnc(NC(=O)c4ccc(Cl)cc4Cl)s3)c2)cc1. The number of halogens is 2. The van der Waals surface area contributed by atoms with Crippen LogP contribution in [0.5, 0.6) is 0 Å². The Balaban J connectivity index is 1.43. The molecular formula is C26H23Cl2N5O4S2. The fourth-order valence-electron chi connectivity index (χ4n) is 3.39. The highest BCUT2D eigenvalue weighted by atomic mass is 35.5. The fraction of sp³-hybridized carbons (Fsp3) is 0.154. The van der Waals surface area contributed by atoms with Gasteiger partial charge in [0.15, 0.2) is 0 Å². The Kier molecular flexibility index (Phi) is 8.26. The number of sulfonamides is 1. The molecule has 4 rings (SSSR count). The minimum atomic E-state index is -4.14. The summed E-state index contributed by atoms with van der Waals surface area (Å²) in [6, 6.07) is 17.9. The molecule has 3 aromatic carbocycles.